The van der Waals surface area contributed by atoms with Gasteiger partial charge in [0.05, 0.1) is 11.3 Å². The summed E-state index contributed by atoms with van der Waals surface area (Å²) in [5, 5.41) is 4.23. The molecule has 0 bridgehead atoms. The van der Waals surface area contributed by atoms with Gasteiger partial charge in [0.25, 0.3) is 0 Å². The molecule has 3 rings (SSSR count). The number of rotatable bonds is 4. The Morgan fingerprint density at radius 2 is 2.00 bits per heavy atom. The smallest absolute Gasteiger partial charge is 0.367 e. The van der Waals surface area contributed by atoms with Crippen molar-refractivity contribution in [3.8, 4) is 5.75 Å². The second kappa shape index (κ2) is 6.67. The van der Waals surface area contributed by atoms with Crippen LogP contribution in [0.4, 0.5) is 0 Å². The molecule has 0 spiro atoms. The molecule has 0 saturated carbocycles. The molecule has 0 fully saturated rings. The average Bonchev–Trinajstić information content (AvgIpc) is 2.87. The molecule has 1 aliphatic heterocycles. The van der Waals surface area contributed by atoms with E-state index in [9.17, 15) is 4.79 Å². The number of oxime groups is 1. The van der Waals surface area contributed by atoms with Gasteiger partial charge in [0, 0.05) is 10.6 Å². The van der Waals surface area contributed by atoms with Crippen LogP contribution in [0.15, 0.2) is 59.3 Å². The summed E-state index contributed by atoms with van der Waals surface area (Å²) in [6.07, 6.45) is 1.68. The van der Waals surface area contributed by atoms with Crippen LogP contribution >= 0.6 is 11.6 Å². The van der Waals surface area contributed by atoms with Crippen LogP contribution < -0.4 is 4.74 Å². The summed E-state index contributed by atoms with van der Waals surface area (Å²) < 4.78 is 5.86. The van der Waals surface area contributed by atoms with E-state index in [1.165, 1.54) is 0 Å². The van der Waals surface area contributed by atoms with Crippen LogP contribution in [0.3, 0.4) is 0 Å². The van der Waals surface area contributed by atoms with Gasteiger partial charge in [-0.2, -0.15) is 0 Å². The van der Waals surface area contributed by atoms with E-state index < -0.39 is 5.97 Å². The summed E-state index contributed by atoms with van der Waals surface area (Å²) in [5.41, 5.74) is 2.69. The summed E-state index contributed by atoms with van der Waals surface area (Å²) >= 11 is 6.06. The van der Waals surface area contributed by atoms with E-state index in [-0.39, 0.29) is 0 Å². The zero-order valence-electron chi connectivity index (χ0n) is 12.5. The van der Waals surface area contributed by atoms with E-state index in [2.05, 4.69) is 9.99 Å². The first-order valence-corrected chi connectivity index (χ1v) is 7.45. The lowest BCUT2D eigenvalue weighted by molar-refractivity contribution is -0.136. The van der Waals surface area contributed by atoms with E-state index in [0.29, 0.717) is 34.2 Å². The Kier molecular flexibility index (Phi) is 4.44. The molecule has 5 heteroatoms. The molecule has 2 aromatic carbocycles. The maximum Gasteiger partial charge on any atom is 0.367 e. The van der Waals surface area contributed by atoms with Crippen molar-refractivity contribution < 1.29 is 14.4 Å². The number of carbonyl (C=O) groups excluding carboxylic acids is 1. The van der Waals surface area contributed by atoms with Gasteiger partial charge < -0.3 is 9.57 Å². The highest BCUT2D eigenvalue weighted by atomic mass is 35.5. The highest BCUT2D eigenvalue weighted by molar-refractivity contribution is 6.31. The summed E-state index contributed by atoms with van der Waals surface area (Å²) in [6.45, 7) is 2.14. The third kappa shape index (κ3) is 3.60. The van der Waals surface area contributed by atoms with Crippen LogP contribution in [-0.4, -0.2) is 11.7 Å². The van der Waals surface area contributed by atoms with Gasteiger partial charge in [0.1, 0.15) is 12.4 Å². The summed E-state index contributed by atoms with van der Waals surface area (Å²) in [4.78, 5) is 16.3. The van der Waals surface area contributed by atoms with Crippen LogP contribution in [0.2, 0.25) is 5.02 Å². The monoisotopic (exact) mass is 327 g/mol. The molecule has 2 aromatic rings. The van der Waals surface area contributed by atoms with Crippen molar-refractivity contribution in [2.24, 2.45) is 5.16 Å². The van der Waals surface area contributed by atoms with Crippen LogP contribution in [0.25, 0.3) is 6.08 Å². The number of hydrogen-bond acceptors (Lipinski definition) is 4. The van der Waals surface area contributed by atoms with Crippen molar-refractivity contribution in [3.63, 3.8) is 0 Å². The highest BCUT2D eigenvalue weighted by Gasteiger charge is 2.22. The standard InChI is InChI=1S/C18H14ClNO3/c1-12-16(18(21)23-20-12)10-14-9-15(19)7-8-17(14)22-11-13-5-3-2-4-6-13/h2-10H,11H2,1H3/b16-10+. The van der Waals surface area contributed by atoms with Crippen molar-refractivity contribution in [3.05, 3.63) is 70.3 Å². The topological polar surface area (TPSA) is 47.9 Å². The first-order chi connectivity index (χ1) is 11.1. The molecule has 0 radical (unpaired) electrons. The molecule has 0 unspecified atom stereocenters. The summed E-state index contributed by atoms with van der Waals surface area (Å²) in [7, 11) is 0. The van der Waals surface area contributed by atoms with Crippen molar-refractivity contribution in [2.45, 2.75) is 13.5 Å². The second-order valence-electron chi connectivity index (χ2n) is 5.07. The predicted molar refractivity (Wildman–Crippen MR) is 89.4 cm³/mol. The Morgan fingerprint density at radius 1 is 1.22 bits per heavy atom. The highest BCUT2D eigenvalue weighted by Crippen LogP contribution is 2.27. The molecule has 23 heavy (non-hydrogen) atoms. The maximum absolute atomic E-state index is 11.7. The van der Waals surface area contributed by atoms with Gasteiger partial charge >= 0.3 is 5.97 Å². The van der Waals surface area contributed by atoms with E-state index >= 15 is 0 Å². The second-order valence-corrected chi connectivity index (χ2v) is 5.51. The minimum absolute atomic E-state index is 0.400. The molecule has 4 nitrogen and oxygen atoms in total. The van der Waals surface area contributed by atoms with E-state index in [1.807, 2.05) is 30.3 Å². The molecular formula is C18H14ClNO3. The lowest BCUT2D eigenvalue weighted by Gasteiger charge is -2.10. The SMILES string of the molecule is CC1=NOC(=O)/C1=C/c1cc(Cl)ccc1OCc1ccccc1. The first-order valence-electron chi connectivity index (χ1n) is 7.08. The lowest BCUT2D eigenvalue weighted by Crippen LogP contribution is -2.03. The van der Waals surface area contributed by atoms with Gasteiger partial charge in [0.15, 0.2) is 0 Å². The molecule has 116 valence electrons. The summed E-state index contributed by atoms with van der Waals surface area (Å²) in [5.74, 6) is 0.162. The quantitative estimate of drug-likeness (QED) is 0.623. The molecule has 1 heterocycles. The lowest BCUT2D eigenvalue weighted by atomic mass is 10.1. The van der Waals surface area contributed by atoms with E-state index in [4.69, 9.17) is 16.3 Å². The fraction of sp³-hybridized carbons (Fsp3) is 0.111. The van der Waals surface area contributed by atoms with Gasteiger partial charge in [-0.3, -0.25) is 0 Å². The zero-order chi connectivity index (χ0) is 16.2. The average molecular weight is 328 g/mol. The maximum atomic E-state index is 11.7. The number of benzene rings is 2. The van der Waals surface area contributed by atoms with E-state index in [0.717, 1.165) is 5.56 Å². The van der Waals surface area contributed by atoms with Gasteiger partial charge in [-0.25, -0.2) is 4.79 Å². The Labute approximate surface area is 139 Å². The first kappa shape index (κ1) is 15.3. The van der Waals surface area contributed by atoms with E-state index in [1.54, 1.807) is 31.2 Å². The third-order valence-corrected chi connectivity index (χ3v) is 3.62. The van der Waals surface area contributed by atoms with Crippen molar-refractivity contribution >= 4 is 29.4 Å². The van der Waals surface area contributed by atoms with Crippen LogP contribution in [-0.2, 0) is 16.2 Å². The Bertz CT molecular complexity index is 797. The van der Waals surface area contributed by atoms with Gasteiger partial charge in [0.2, 0.25) is 0 Å². The van der Waals surface area contributed by atoms with Gasteiger partial charge in [-0.05, 0) is 36.8 Å². The Morgan fingerprint density at radius 3 is 2.70 bits per heavy atom. The molecule has 0 saturated heterocycles. The van der Waals surface area contributed by atoms with Crippen LogP contribution in [0.5, 0.6) is 5.75 Å². The number of nitrogens with zero attached hydrogens (tertiary/aromatic N) is 1. The van der Waals surface area contributed by atoms with Crippen LogP contribution in [0.1, 0.15) is 18.1 Å². The Balaban J connectivity index is 1.88. The summed E-state index contributed by atoms with van der Waals surface area (Å²) in [6, 6.07) is 15.1. The molecular weight excluding hydrogens is 314 g/mol. The molecule has 0 amide bonds. The molecule has 0 aliphatic carbocycles. The molecule has 0 atom stereocenters. The molecule has 0 N–H and O–H groups in total. The predicted octanol–water partition coefficient (Wildman–Crippen LogP) is 4.24. The minimum Gasteiger partial charge on any atom is -0.488 e. The number of ether oxygens (including phenoxy) is 1. The number of hydrogen-bond donors (Lipinski definition) is 0. The fourth-order valence-electron chi connectivity index (χ4n) is 2.17. The zero-order valence-corrected chi connectivity index (χ0v) is 13.2. The van der Waals surface area contributed by atoms with Crippen LogP contribution in [0, 0.1) is 0 Å². The minimum atomic E-state index is -0.475. The Hall–Kier alpha value is -2.59. The molecule has 0 aromatic heterocycles. The molecule has 1 aliphatic rings. The fourth-order valence-corrected chi connectivity index (χ4v) is 2.35. The van der Waals surface area contributed by atoms with Crippen molar-refractivity contribution in [1.82, 2.24) is 0 Å². The number of carbonyl (C=O) groups is 1. The largest absolute Gasteiger partial charge is 0.488 e. The third-order valence-electron chi connectivity index (χ3n) is 3.38. The van der Waals surface area contributed by atoms with Crippen molar-refractivity contribution in [2.75, 3.05) is 0 Å². The van der Waals surface area contributed by atoms with Gasteiger partial charge in [-0.15, -0.1) is 0 Å². The number of halogens is 1. The van der Waals surface area contributed by atoms with Gasteiger partial charge in [-0.1, -0.05) is 47.1 Å². The normalized spacial score (nSPS) is 15.5. The van der Waals surface area contributed by atoms with Crippen molar-refractivity contribution in [1.29, 1.82) is 0 Å².